The summed E-state index contributed by atoms with van der Waals surface area (Å²) in [6, 6.07) is 9.15. The van der Waals surface area contributed by atoms with Gasteiger partial charge < -0.3 is 10.4 Å². The molecule has 1 atom stereocenters. The number of amides is 1. The fourth-order valence-electron chi connectivity index (χ4n) is 1.55. The molecule has 0 saturated heterocycles. The Morgan fingerprint density at radius 3 is 2.44 bits per heavy atom. The Kier molecular flexibility index (Phi) is 4.99. The van der Waals surface area contributed by atoms with E-state index in [0.717, 1.165) is 0 Å². The van der Waals surface area contributed by atoms with Crippen molar-refractivity contribution in [1.82, 2.24) is 5.32 Å². The first-order valence-electron chi connectivity index (χ1n) is 5.62. The number of rotatable bonds is 5. The molecule has 0 aliphatic heterocycles. The average molecular weight is 221 g/mol. The molecule has 3 nitrogen and oxygen atoms in total. The number of aliphatic hydroxyl groups is 1. The van der Waals surface area contributed by atoms with Gasteiger partial charge in [-0.15, -0.1) is 0 Å². The zero-order valence-electron chi connectivity index (χ0n) is 9.81. The summed E-state index contributed by atoms with van der Waals surface area (Å²) < 4.78 is 0. The largest absolute Gasteiger partial charge is 0.396 e. The Morgan fingerprint density at radius 1 is 1.31 bits per heavy atom. The molecule has 0 aliphatic rings. The number of nitrogens with one attached hydrogen (secondary N) is 1. The molecule has 1 aromatic rings. The standard InChI is InChI=1S/C13H19NO2/c1-10(2)12(8-9-15)14-13(16)11-6-4-3-5-7-11/h3-7,10,12,15H,8-9H2,1-2H3,(H,14,16)/t12-/m1/s1. The van der Waals surface area contributed by atoms with E-state index in [1.165, 1.54) is 0 Å². The van der Waals surface area contributed by atoms with Crippen molar-refractivity contribution in [2.75, 3.05) is 6.61 Å². The molecule has 0 bridgehead atoms. The van der Waals surface area contributed by atoms with Gasteiger partial charge in [0, 0.05) is 18.2 Å². The van der Waals surface area contributed by atoms with Crippen LogP contribution < -0.4 is 5.32 Å². The Morgan fingerprint density at radius 2 is 1.94 bits per heavy atom. The normalized spacial score (nSPS) is 12.5. The molecule has 0 fully saturated rings. The van der Waals surface area contributed by atoms with Crippen LogP contribution in [-0.4, -0.2) is 23.7 Å². The van der Waals surface area contributed by atoms with Crippen molar-refractivity contribution in [3.05, 3.63) is 35.9 Å². The summed E-state index contributed by atoms with van der Waals surface area (Å²) in [7, 11) is 0. The van der Waals surface area contributed by atoms with Crippen LogP contribution in [0.25, 0.3) is 0 Å². The van der Waals surface area contributed by atoms with Gasteiger partial charge in [0.1, 0.15) is 0 Å². The van der Waals surface area contributed by atoms with Gasteiger partial charge in [0.25, 0.3) is 5.91 Å². The van der Waals surface area contributed by atoms with E-state index >= 15 is 0 Å². The van der Waals surface area contributed by atoms with E-state index < -0.39 is 0 Å². The number of carbonyl (C=O) groups is 1. The lowest BCUT2D eigenvalue weighted by Gasteiger charge is -2.21. The van der Waals surface area contributed by atoms with Gasteiger partial charge in [-0.25, -0.2) is 0 Å². The highest BCUT2D eigenvalue weighted by Gasteiger charge is 2.16. The van der Waals surface area contributed by atoms with Gasteiger partial charge in [0.05, 0.1) is 0 Å². The van der Waals surface area contributed by atoms with Crippen LogP contribution in [-0.2, 0) is 0 Å². The number of hydrogen-bond donors (Lipinski definition) is 2. The quantitative estimate of drug-likeness (QED) is 0.797. The number of aliphatic hydroxyl groups excluding tert-OH is 1. The van der Waals surface area contributed by atoms with Crippen LogP contribution in [0.5, 0.6) is 0 Å². The summed E-state index contributed by atoms with van der Waals surface area (Å²) in [5, 5.41) is 11.9. The van der Waals surface area contributed by atoms with Crippen LogP contribution in [0.2, 0.25) is 0 Å². The second-order valence-corrected chi connectivity index (χ2v) is 4.20. The van der Waals surface area contributed by atoms with Gasteiger partial charge in [0.15, 0.2) is 0 Å². The minimum atomic E-state index is -0.0762. The van der Waals surface area contributed by atoms with Crippen LogP contribution in [0.3, 0.4) is 0 Å². The van der Waals surface area contributed by atoms with E-state index in [1.807, 2.05) is 32.0 Å². The lowest BCUT2D eigenvalue weighted by Crippen LogP contribution is -2.39. The van der Waals surface area contributed by atoms with Gasteiger partial charge in [-0.3, -0.25) is 4.79 Å². The third kappa shape index (κ3) is 3.66. The number of benzene rings is 1. The fraction of sp³-hybridized carbons (Fsp3) is 0.462. The van der Waals surface area contributed by atoms with Crippen LogP contribution in [0, 0.1) is 5.92 Å². The Hall–Kier alpha value is -1.35. The van der Waals surface area contributed by atoms with Crippen molar-refractivity contribution in [1.29, 1.82) is 0 Å². The lowest BCUT2D eigenvalue weighted by molar-refractivity contribution is 0.0916. The maximum Gasteiger partial charge on any atom is 0.251 e. The van der Waals surface area contributed by atoms with Crippen molar-refractivity contribution < 1.29 is 9.90 Å². The number of carbonyl (C=O) groups excluding carboxylic acids is 1. The van der Waals surface area contributed by atoms with Crippen molar-refractivity contribution in [2.45, 2.75) is 26.3 Å². The Labute approximate surface area is 96.5 Å². The van der Waals surface area contributed by atoms with Crippen molar-refractivity contribution in [3.8, 4) is 0 Å². The summed E-state index contributed by atoms with van der Waals surface area (Å²) in [5.74, 6) is 0.243. The lowest BCUT2D eigenvalue weighted by atomic mass is 10.0. The molecule has 3 heteroatoms. The second kappa shape index (κ2) is 6.28. The zero-order valence-corrected chi connectivity index (χ0v) is 9.81. The monoisotopic (exact) mass is 221 g/mol. The summed E-state index contributed by atoms with van der Waals surface area (Å²) in [6.45, 7) is 4.16. The van der Waals surface area contributed by atoms with Crippen molar-refractivity contribution in [3.63, 3.8) is 0 Å². The Bertz CT molecular complexity index is 322. The molecule has 0 unspecified atom stereocenters. The molecule has 88 valence electrons. The molecule has 0 heterocycles. The molecule has 0 spiro atoms. The van der Waals surface area contributed by atoms with Crippen LogP contribution in [0.15, 0.2) is 30.3 Å². The van der Waals surface area contributed by atoms with E-state index in [-0.39, 0.29) is 18.6 Å². The maximum atomic E-state index is 11.8. The highest BCUT2D eigenvalue weighted by atomic mass is 16.3. The molecular weight excluding hydrogens is 202 g/mol. The van der Waals surface area contributed by atoms with Crippen molar-refractivity contribution >= 4 is 5.91 Å². The van der Waals surface area contributed by atoms with Gasteiger partial charge >= 0.3 is 0 Å². The highest BCUT2D eigenvalue weighted by molar-refractivity contribution is 5.94. The van der Waals surface area contributed by atoms with Gasteiger partial charge in [-0.2, -0.15) is 0 Å². The summed E-state index contributed by atoms with van der Waals surface area (Å²) in [6.07, 6.45) is 0.593. The van der Waals surface area contributed by atoms with E-state index in [2.05, 4.69) is 5.32 Å². The zero-order chi connectivity index (χ0) is 12.0. The van der Waals surface area contributed by atoms with E-state index in [0.29, 0.717) is 17.9 Å². The minimum absolute atomic E-state index is 0.0257. The SMILES string of the molecule is CC(C)[C@@H](CCO)NC(=O)c1ccccc1. The smallest absolute Gasteiger partial charge is 0.251 e. The van der Waals surface area contributed by atoms with E-state index in [9.17, 15) is 4.79 Å². The molecule has 1 amide bonds. The van der Waals surface area contributed by atoms with Crippen LogP contribution >= 0.6 is 0 Å². The van der Waals surface area contributed by atoms with Crippen LogP contribution in [0.4, 0.5) is 0 Å². The first-order valence-corrected chi connectivity index (χ1v) is 5.62. The molecule has 1 rings (SSSR count). The minimum Gasteiger partial charge on any atom is -0.396 e. The maximum absolute atomic E-state index is 11.8. The summed E-state index contributed by atoms with van der Waals surface area (Å²) in [5.41, 5.74) is 0.658. The summed E-state index contributed by atoms with van der Waals surface area (Å²) in [4.78, 5) is 11.8. The molecule has 16 heavy (non-hydrogen) atoms. The molecule has 0 radical (unpaired) electrons. The van der Waals surface area contributed by atoms with Gasteiger partial charge in [-0.05, 0) is 24.5 Å². The third-order valence-corrected chi connectivity index (χ3v) is 2.60. The van der Waals surface area contributed by atoms with E-state index in [1.54, 1.807) is 12.1 Å². The van der Waals surface area contributed by atoms with Gasteiger partial charge in [-0.1, -0.05) is 32.0 Å². The summed E-state index contributed by atoms with van der Waals surface area (Å²) >= 11 is 0. The average Bonchev–Trinajstić information content (AvgIpc) is 2.29. The predicted molar refractivity (Wildman–Crippen MR) is 64.2 cm³/mol. The first kappa shape index (κ1) is 12.7. The molecule has 0 aliphatic carbocycles. The van der Waals surface area contributed by atoms with Gasteiger partial charge in [0.2, 0.25) is 0 Å². The molecule has 0 saturated carbocycles. The molecule has 2 N–H and O–H groups in total. The van der Waals surface area contributed by atoms with Crippen LogP contribution in [0.1, 0.15) is 30.6 Å². The third-order valence-electron chi connectivity index (χ3n) is 2.60. The number of hydrogen-bond acceptors (Lipinski definition) is 2. The second-order valence-electron chi connectivity index (χ2n) is 4.20. The molecule has 1 aromatic carbocycles. The fourth-order valence-corrected chi connectivity index (χ4v) is 1.55. The Balaban J connectivity index is 2.62. The predicted octanol–water partition coefficient (Wildman–Crippen LogP) is 1.82. The first-order chi connectivity index (χ1) is 7.65. The molecular formula is C13H19NO2. The topological polar surface area (TPSA) is 49.3 Å². The molecule has 0 aromatic heterocycles. The van der Waals surface area contributed by atoms with E-state index in [4.69, 9.17) is 5.11 Å². The highest BCUT2D eigenvalue weighted by Crippen LogP contribution is 2.07. The van der Waals surface area contributed by atoms with Crippen molar-refractivity contribution in [2.24, 2.45) is 5.92 Å².